The molecule has 8 nitrogen and oxygen atoms in total. The average molecular weight is 345 g/mol. The molecule has 0 saturated carbocycles. The maximum Gasteiger partial charge on any atom is 0.276 e. The number of rotatable bonds is 4. The number of benzene rings is 1. The highest BCUT2D eigenvalue weighted by molar-refractivity contribution is 6.33. The minimum Gasteiger partial charge on any atom is -0.480 e. The molecule has 0 aliphatic rings. The van der Waals surface area contributed by atoms with Crippen LogP contribution in [0, 0.1) is 6.92 Å². The van der Waals surface area contributed by atoms with Crippen LogP contribution in [0.4, 0.5) is 5.69 Å². The van der Waals surface area contributed by atoms with Crippen molar-refractivity contribution >= 4 is 23.2 Å². The Kier molecular flexibility index (Phi) is 4.39. The molecule has 0 atom stereocenters. The summed E-state index contributed by atoms with van der Waals surface area (Å²) in [4.78, 5) is 16.4. The van der Waals surface area contributed by atoms with Crippen LogP contribution in [0.5, 0.6) is 5.88 Å². The molecular formula is C15H13ClN6O2. The van der Waals surface area contributed by atoms with Crippen LogP contribution in [0.1, 0.15) is 16.3 Å². The molecule has 24 heavy (non-hydrogen) atoms. The van der Waals surface area contributed by atoms with Crippen molar-refractivity contribution in [2.24, 2.45) is 0 Å². The number of hydrogen-bond donors (Lipinski definition) is 2. The van der Waals surface area contributed by atoms with Crippen molar-refractivity contribution in [2.45, 2.75) is 6.92 Å². The van der Waals surface area contributed by atoms with Crippen LogP contribution < -0.4 is 10.1 Å². The summed E-state index contributed by atoms with van der Waals surface area (Å²) in [6.07, 6.45) is 0. The first-order valence-corrected chi connectivity index (χ1v) is 7.32. The number of anilines is 1. The van der Waals surface area contributed by atoms with Gasteiger partial charge in [-0.05, 0) is 31.2 Å². The Morgan fingerprint density at radius 2 is 2.08 bits per heavy atom. The third kappa shape index (κ3) is 3.33. The molecule has 3 aromatic rings. The zero-order chi connectivity index (χ0) is 17.1. The maximum absolute atomic E-state index is 12.2. The van der Waals surface area contributed by atoms with E-state index in [0.717, 1.165) is 0 Å². The lowest BCUT2D eigenvalue weighted by atomic mass is 10.2. The van der Waals surface area contributed by atoms with Crippen LogP contribution in [0.15, 0.2) is 30.3 Å². The van der Waals surface area contributed by atoms with E-state index in [1.165, 1.54) is 13.2 Å². The Balaban J connectivity index is 1.77. The number of aromatic nitrogens is 5. The molecule has 0 unspecified atom stereocenters. The monoisotopic (exact) mass is 344 g/mol. The highest BCUT2D eigenvalue weighted by Gasteiger charge is 2.12. The van der Waals surface area contributed by atoms with Crippen LogP contribution >= 0.6 is 11.6 Å². The lowest BCUT2D eigenvalue weighted by Gasteiger charge is -2.07. The van der Waals surface area contributed by atoms with Gasteiger partial charge in [-0.2, -0.15) is 5.10 Å². The Morgan fingerprint density at radius 3 is 2.67 bits per heavy atom. The number of nitrogens with zero attached hydrogens (tertiary/aromatic N) is 4. The first-order valence-electron chi connectivity index (χ1n) is 6.95. The number of halogens is 1. The zero-order valence-corrected chi connectivity index (χ0v) is 13.6. The van der Waals surface area contributed by atoms with Crippen LogP contribution in [0.25, 0.3) is 11.4 Å². The van der Waals surface area contributed by atoms with Crippen molar-refractivity contribution in [2.75, 3.05) is 12.4 Å². The van der Waals surface area contributed by atoms with Crippen molar-refractivity contribution in [3.05, 3.63) is 46.9 Å². The second-order valence-electron chi connectivity index (χ2n) is 4.85. The zero-order valence-electron chi connectivity index (χ0n) is 12.9. The van der Waals surface area contributed by atoms with E-state index in [-0.39, 0.29) is 5.69 Å². The van der Waals surface area contributed by atoms with Gasteiger partial charge in [-0.3, -0.25) is 9.89 Å². The molecular weight excluding hydrogens is 332 g/mol. The molecule has 1 aromatic carbocycles. The second-order valence-corrected chi connectivity index (χ2v) is 5.26. The van der Waals surface area contributed by atoms with Crippen LogP contribution in [-0.2, 0) is 0 Å². The molecule has 122 valence electrons. The van der Waals surface area contributed by atoms with E-state index in [1.807, 2.05) is 0 Å². The predicted octanol–water partition coefficient (Wildman–Crippen LogP) is 2.48. The largest absolute Gasteiger partial charge is 0.480 e. The van der Waals surface area contributed by atoms with Gasteiger partial charge in [-0.1, -0.05) is 11.6 Å². The molecule has 2 heterocycles. The second kappa shape index (κ2) is 6.63. The predicted molar refractivity (Wildman–Crippen MR) is 88.1 cm³/mol. The van der Waals surface area contributed by atoms with Crippen molar-refractivity contribution in [1.82, 2.24) is 25.4 Å². The van der Waals surface area contributed by atoms with Gasteiger partial charge in [0.1, 0.15) is 5.82 Å². The SMILES string of the molecule is COc1ccc(C(=O)Nc2ccc(-c3n[nH]c(C)n3)c(Cl)c2)nn1. The summed E-state index contributed by atoms with van der Waals surface area (Å²) in [6, 6.07) is 8.15. The standard InChI is InChI=1S/C15H13ClN6O2/c1-8-17-14(22-19-8)10-4-3-9(7-11(10)16)18-15(23)12-5-6-13(24-2)21-20-12/h3-7H,1-2H3,(H,18,23)(H,17,19,22). The van der Waals surface area contributed by atoms with Gasteiger partial charge in [-0.25, -0.2) is 4.98 Å². The normalized spacial score (nSPS) is 10.5. The van der Waals surface area contributed by atoms with Gasteiger partial charge in [0.25, 0.3) is 5.91 Å². The van der Waals surface area contributed by atoms with Crippen molar-refractivity contribution in [3.63, 3.8) is 0 Å². The molecule has 0 saturated heterocycles. The minimum atomic E-state index is -0.400. The molecule has 9 heteroatoms. The lowest BCUT2D eigenvalue weighted by Crippen LogP contribution is -2.14. The number of nitrogens with one attached hydrogen (secondary N) is 2. The van der Waals surface area contributed by atoms with Gasteiger partial charge in [0, 0.05) is 17.3 Å². The fraction of sp³-hybridized carbons (Fsp3) is 0.133. The molecule has 1 amide bonds. The number of methoxy groups -OCH3 is 1. The van der Waals surface area contributed by atoms with E-state index in [1.54, 1.807) is 31.2 Å². The number of amides is 1. The van der Waals surface area contributed by atoms with E-state index >= 15 is 0 Å². The molecule has 0 spiro atoms. The Bertz CT molecular complexity index is 878. The number of aromatic amines is 1. The van der Waals surface area contributed by atoms with E-state index < -0.39 is 5.91 Å². The molecule has 3 rings (SSSR count). The van der Waals surface area contributed by atoms with Crippen molar-refractivity contribution in [1.29, 1.82) is 0 Å². The Morgan fingerprint density at radius 1 is 1.25 bits per heavy atom. The number of hydrogen-bond acceptors (Lipinski definition) is 6. The third-order valence-corrected chi connectivity index (χ3v) is 3.46. The summed E-state index contributed by atoms with van der Waals surface area (Å²) < 4.78 is 4.90. The van der Waals surface area contributed by atoms with E-state index in [9.17, 15) is 4.79 Å². The Hall–Kier alpha value is -3.00. The lowest BCUT2D eigenvalue weighted by molar-refractivity contribution is 0.102. The average Bonchev–Trinajstić information content (AvgIpc) is 3.01. The van der Waals surface area contributed by atoms with Gasteiger partial charge < -0.3 is 10.1 Å². The topological polar surface area (TPSA) is 106 Å². The van der Waals surface area contributed by atoms with Crippen LogP contribution in [0.3, 0.4) is 0 Å². The summed E-state index contributed by atoms with van der Waals surface area (Å²) in [5, 5.41) is 17.5. The van der Waals surface area contributed by atoms with Crippen LogP contribution in [0.2, 0.25) is 5.02 Å². The van der Waals surface area contributed by atoms with E-state index in [0.29, 0.717) is 33.8 Å². The highest BCUT2D eigenvalue weighted by Crippen LogP contribution is 2.28. The number of aryl methyl sites for hydroxylation is 1. The molecule has 0 radical (unpaired) electrons. The first kappa shape index (κ1) is 15.9. The van der Waals surface area contributed by atoms with Gasteiger partial charge >= 0.3 is 0 Å². The van der Waals surface area contributed by atoms with Gasteiger partial charge in [0.15, 0.2) is 11.5 Å². The summed E-state index contributed by atoms with van der Waals surface area (Å²) in [5.74, 6) is 1.12. The highest BCUT2D eigenvalue weighted by atomic mass is 35.5. The van der Waals surface area contributed by atoms with E-state index in [2.05, 4.69) is 30.7 Å². The Labute approximate surface area is 142 Å². The summed E-state index contributed by atoms with van der Waals surface area (Å²) in [6.45, 7) is 1.80. The molecule has 0 bridgehead atoms. The fourth-order valence-corrected chi connectivity index (χ4v) is 2.25. The molecule has 2 N–H and O–H groups in total. The quantitative estimate of drug-likeness (QED) is 0.753. The van der Waals surface area contributed by atoms with Crippen LogP contribution in [-0.4, -0.2) is 38.4 Å². The summed E-state index contributed by atoms with van der Waals surface area (Å²) in [7, 11) is 1.48. The van der Waals surface area contributed by atoms with Crippen molar-refractivity contribution < 1.29 is 9.53 Å². The maximum atomic E-state index is 12.2. The molecule has 0 fully saturated rings. The summed E-state index contributed by atoms with van der Waals surface area (Å²) >= 11 is 6.25. The number of carbonyl (C=O) groups is 1. The van der Waals surface area contributed by atoms with Gasteiger partial charge in [0.05, 0.1) is 12.1 Å². The summed E-state index contributed by atoms with van der Waals surface area (Å²) in [5.41, 5.74) is 1.36. The van der Waals surface area contributed by atoms with Gasteiger partial charge in [0.2, 0.25) is 5.88 Å². The third-order valence-electron chi connectivity index (χ3n) is 3.15. The first-order chi connectivity index (χ1) is 11.6. The fourth-order valence-electron chi connectivity index (χ4n) is 1.98. The number of H-pyrrole nitrogens is 1. The van der Waals surface area contributed by atoms with Gasteiger partial charge in [-0.15, -0.1) is 10.2 Å². The smallest absolute Gasteiger partial charge is 0.276 e. The number of carbonyl (C=O) groups excluding carboxylic acids is 1. The van der Waals surface area contributed by atoms with Crippen molar-refractivity contribution in [3.8, 4) is 17.3 Å². The van der Waals surface area contributed by atoms with E-state index in [4.69, 9.17) is 16.3 Å². The minimum absolute atomic E-state index is 0.167. The molecule has 0 aliphatic heterocycles. The molecule has 2 aromatic heterocycles. The molecule has 0 aliphatic carbocycles. The number of ether oxygens (including phenoxy) is 1.